The minimum atomic E-state index is -4.62. The van der Waals surface area contributed by atoms with E-state index in [0.717, 1.165) is 23.5 Å². The van der Waals surface area contributed by atoms with Crippen molar-refractivity contribution in [3.8, 4) is 0 Å². The highest BCUT2D eigenvalue weighted by Crippen LogP contribution is 2.52. The number of carbonyl (C=O) groups excluding carboxylic acids is 3. The smallest absolute Gasteiger partial charge is 0.324 e. The van der Waals surface area contributed by atoms with Crippen molar-refractivity contribution in [3.05, 3.63) is 42.0 Å². The standard InChI is InChI=1S/C18H15F3N2O3/c19-18(20,21)11-3-1-2-4-12(11)22-13(24)8-23-16(25)14-9-5-6-10(7-9)15(14)17(23)26/h1-6,9-10,14-15H,7-8H2,(H,22,24)/t9-,10-,14-,15-/m0/s1. The first-order chi connectivity index (χ1) is 12.3. The lowest BCUT2D eigenvalue weighted by Crippen LogP contribution is -2.39. The van der Waals surface area contributed by atoms with Gasteiger partial charge in [0, 0.05) is 0 Å². The van der Waals surface area contributed by atoms with E-state index in [2.05, 4.69) is 5.32 Å². The Morgan fingerprint density at radius 3 is 2.23 bits per heavy atom. The van der Waals surface area contributed by atoms with E-state index in [1.165, 1.54) is 12.1 Å². The Labute approximate surface area is 146 Å². The van der Waals surface area contributed by atoms with Crippen molar-refractivity contribution in [1.82, 2.24) is 4.90 Å². The number of rotatable bonds is 3. The first-order valence-electron chi connectivity index (χ1n) is 8.27. The van der Waals surface area contributed by atoms with Crippen LogP contribution in [-0.2, 0) is 20.6 Å². The number of amides is 3. The van der Waals surface area contributed by atoms with Gasteiger partial charge in [0.25, 0.3) is 0 Å². The number of allylic oxidation sites excluding steroid dienone is 2. The van der Waals surface area contributed by atoms with Crippen LogP contribution in [0.5, 0.6) is 0 Å². The van der Waals surface area contributed by atoms with Crippen LogP contribution in [0.4, 0.5) is 18.9 Å². The average Bonchev–Trinajstić information content (AvgIpc) is 3.24. The summed E-state index contributed by atoms with van der Waals surface area (Å²) >= 11 is 0. The molecule has 8 heteroatoms. The van der Waals surface area contributed by atoms with Crippen LogP contribution in [0.1, 0.15) is 12.0 Å². The first-order valence-corrected chi connectivity index (χ1v) is 8.27. The van der Waals surface area contributed by atoms with Gasteiger partial charge in [0.15, 0.2) is 0 Å². The molecule has 2 aliphatic carbocycles. The van der Waals surface area contributed by atoms with Crippen LogP contribution in [0.2, 0.25) is 0 Å². The number of alkyl halides is 3. The van der Waals surface area contributed by atoms with Crippen LogP contribution < -0.4 is 5.32 Å². The molecule has 1 aromatic rings. The summed E-state index contributed by atoms with van der Waals surface area (Å²) in [5.41, 5.74) is -1.38. The Bertz CT molecular complexity index is 803. The Hall–Kier alpha value is -2.64. The van der Waals surface area contributed by atoms with Crippen molar-refractivity contribution in [2.24, 2.45) is 23.7 Å². The molecular weight excluding hydrogens is 349 g/mol. The van der Waals surface area contributed by atoms with E-state index < -0.39 is 53.5 Å². The van der Waals surface area contributed by atoms with E-state index in [1.807, 2.05) is 12.2 Å². The highest BCUT2D eigenvalue weighted by Gasteiger charge is 2.59. The van der Waals surface area contributed by atoms with Crippen LogP contribution >= 0.6 is 0 Å². The maximum Gasteiger partial charge on any atom is 0.418 e. The fourth-order valence-electron chi connectivity index (χ4n) is 4.29. The summed E-state index contributed by atoms with van der Waals surface area (Å²) in [6.07, 6.45) is 0.0111. The second kappa shape index (κ2) is 5.69. The number of hydrogen-bond acceptors (Lipinski definition) is 3. The summed E-state index contributed by atoms with van der Waals surface area (Å²) in [6, 6.07) is 4.57. The van der Waals surface area contributed by atoms with Crippen molar-refractivity contribution in [3.63, 3.8) is 0 Å². The molecule has 136 valence electrons. The molecule has 26 heavy (non-hydrogen) atoms. The zero-order chi connectivity index (χ0) is 18.6. The van der Waals surface area contributed by atoms with Crippen LogP contribution in [0.15, 0.2) is 36.4 Å². The molecule has 3 aliphatic rings. The molecule has 2 bridgehead atoms. The second-order valence-corrected chi connectivity index (χ2v) is 6.85. The van der Waals surface area contributed by atoms with Gasteiger partial charge in [0.1, 0.15) is 6.54 Å². The second-order valence-electron chi connectivity index (χ2n) is 6.85. The molecule has 1 aliphatic heterocycles. The molecule has 1 heterocycles. The molecule has 1 saturated carbocycles. The van der Waals surface area contributed by atoms with Crippen molar-refractivity contribution in [1.29, 1.82) is 0 Å². The SMILES string of the molecule is O=C(CN1C(=O)[C@@H]2[C@@H](C1=O)[C@H]1C=C[C@H]2C1)Nc1ccccc1C(F)(F)F. The first kappa shape index (κ1) is 16.8. The predicted molar refractivity (Wildman–Crippen MR) is 84.5 cm³/mol. The van der Waals surface area contributed by atoms with Crippen LogP contribution in [0, 0.1) is 23.7 Å². The number of nitrogens with one attached hydrogen (secondary N) is 1. The number of likely N-dealkylation sites (tertiary alicyclic amines) is 1. The molecular formula is C18H15F3N2O3. The molecule has 0 aromatic heterocycles. The molecule has 4 atom stereocenters. The third-order valence-corrected chi connectivity index (χ3v) is 5.37. The molecule has 2 fully saturated rings. The van der Waals surface area contributed by atoms with Gasteiger partial charge in [-0.15, -0.1) is 0 Å². The third kappa shape index (κ3) is 2.51. The largest absolute Gasteiger partial charge is 0.418 e. The lowest BCUT2D eigenvalue weighted by Gasteiger charge is -2.18. The lowest BCUT2D eigenvalue weighted by molar-refractivity contribution is -0.143. The van der Waals surface area contributed by atoms with Gasteiger partial charge in [-0.2, -0.15) is 13.2 Å². The van der Waals surface area contributed by atoms with Crippen molar-refractivity contribution in [2.75, 3.05) is 11.9 Å². The Balaban J connectivity index is 1.49. The molecule has 0 radical (unpaired) electrons. The van der Waals surface area contributed by atoms with E-state index in [4.69, 9.17) is 0 Å². The van der Waals surface area contributed by atoms with Gasteiger partial charge in [0.05, 0.1) is 23.1 Å². The summed E-state index contributed by atoms with van der Waals surface area (Å²) in [5, 5.41) is 2.17. The number of para-hydroxylation sites is 1. The van der Waals surface area contributed by atoms with Gasteiger partial charge >= 0.3 is 6.18 Å². The molecule has 0 spiro atoms. The van der Waals surface area contributed by atoms with Gasteiger partial charge in [-0.05, 0) is 30.4 Å². The number of anilines is 1. The van der Waals surface area contributed by atoms with E-state index in [9.17, 15) is 27.6 Å². The van der Waals surface area contributed by atoms with E-state index in [-0.39, 0.29) is 11.8 Å². The molecule has 0 unspecified atom stereocenters. The van der Waals surface area contributed by atoms with Crippen LogP contribution in [-0.4, -0.2) is 29.2 Å². The number of halogens is 3. The predicted octanol–water partition coefficient (Wildman–Crippen LogP) is 2.45. The molecule has 4 rings (SSSR count). The zero-order valence-electron chi connectivity index (χ0n) is 13.5. The van der Waals surface area contributed by atoms with E-state index in [1.54, 1.807) is 0 Å². The average molecular weight is 364 g/mol. The molecule has 1 aromatic carbocycles. The topological polar surface area (TPSA) is 66.5 Å². The molecule has 5 nitrogen and oxygen atoms in total. The maximum absolute atomic E-state index is 13.0. The van der Waals surface area contributed by atoms with Crippen molar-refractivity contribution < 1.29 is 27.6 Å². The summed E-state index contributed by atoms with van der Waals surface area (Å²) in [6.45, 7) is -0.573. The number of benzene rings is 1. The monoisotopic (exact) mass is 364 g/mol. The Kier molecular flexibility index (Phi) is 3.68. The Morgan fingerprint density at radius 2 is 1.65 bits per heavy atom. The fourth-order valence-corrected chi connectivity index (χ4v) is 4.29. The quantitative estimate of drug-likeness (QED) is 0.662. The minimum Gasteiger partial charge on any atom is -0.324 e. The molecule has 1 N–H and O–H groups in total. The van der Waals surface area contributed by atoms with E-state index in [0.29, 0.717) is 0 Å². The molecule has 3 amide bonds. The third-order valence-electron chi connectivity index (χ3n) is 5.37. The van der Waals surface area contributed by atoms with E-state index >= 15 is 0 Å². The van der Waals surface area contributed by atoms with Gasteiger partial charge in [-0.1, -0.05) is 24.3 Å². The number of hydrogen-bond donors (Lipinski definition) is 1. The summed E-state index contributed by atoms with van der Waals surface area (Å²) in [7, 11) is 0. The summed E-state index contributed by atoms with van der Waals surface area (Å²) in [5.74, 6) is -2.49. The highest BCUT2D eigenvalue weighted by molar-refractivity contribution is 6.09. The maximum atomic E-state index is 13.0. The number of nitrogens with zero attached hydrogens (tertiary/aromatic N) is 1. The van der Waals surface area contributed by atoms with Gasteiger partial charge in [0.2, 0.25) is 17.7 Å². The minimum absolute atomic E-state index is 0.0143. The number of fused-ring (bicyclic) bond motifs is 5. The molecule has 1 saturated heterocycles. The summed E-state index contributed by atoms with van der Waals surface area (Å²) < 4.78 is 39.0. The zero-order valence-corrected chi connectivity index (χ0v) is 13.5. The van der Waals surface area contributed by atoms with Crippen LogP contribution in [0.25, 0.3) is 0 Å². The normalized spacial score (nSPS) is 29.4. The number of imide groups is 1. The Morgan fingerprint density at radius 1 is 1.08 bits per heavy atom. The highest BCUT2D eigenvalue weighted by atomic mass is 19.4. The summed E-state index contributed by atoms with van der Waals surface area (Å²) in [4.78, 5) is 38.1. The van der Waals surface area contributed by atoms with Crippen molar-refractivity contribution in [2.45, 2.75) is 12.6 Å². The van der Waals surface area contributed by atoms with Gasteiger partial charge in [-0.25, -0.2) is 0 Å². The fraction of sp³-hybridized carbons (Fsp3) is 0.389. The van der Waals surface area contributed by atoms with Crippen molar-refractivity contribution >= 4 is 23.4 Å². The lowest BCUT2D eigenvalue weighted by atomic mass is 9.85. The van der Waals surface area contributed by atoms with Gasteiger partial charge < -0.3 is 5.32 Å². The van der Waals surface area contributed by atoms with Crippen LogP contribution in [0.3, 0.4) is 0 Å². The number of carbonyl (C=O) groups is 3. The van der Waals surface area contributed by atoms with Gasteiger partial charge in [-0.3, -0.25) is 19.3 Å².